The minimum Gasteiger partial charge on any atom is -0.481 e. The number of nitrogens with zero attached hydrogens (tertiary/aromatic N) is 1. The molecule has 1 unspecified atom stereocenters. The molecule has 1 rings (SSSR count). The standard InChI is InChI=1S/C9H16FNO4S/c10-4-2-6-16(14,15)11-5-1-3-8(7-11)9(12)13/h8H,1-7H2,(H,12,13). The van der Waals surface area contributed by atoms with Gasteiger partial charge in [0.15, 0.2) is 0 Å². The molecule has 0 saturated carbocycles. The zero-order valence-corrected chi connectivity index (χ0v) is 9.75. The minimum atomic E-state index is -3.48. The molecule has 7 heteroatoms. The maximum absolute atomic E-state index is 11.9. The van der Waals surface area contributed by atoms with E-state index in [0.29, 0.717) is 19.4 Å². The number of halogens is 1. The fraction of sp³-hybridized carbons (Fsp3) is 0.889. The van der Waals surface area contributed by atoms with E-state index >= 15 is 0 Å². The lowest BCUT2D eigenvalue weighted by Crippen LogP contribution is -2.43. The maximum Gasteiger partial charge on any atom is 0.307 e. The summed E-state index contributed by atoms with van der Waals surface area (Å²) in [7, 11) is -3.48. The Labute approximate surface area is 94.3 Å². The Bertz CT molecular complexity index is 343. The summed E-state index contributed by atoms with van der Waals surface area (Å²) in [6, 6.07) is 0. The van der Waals surface area contributed by atoms with Crippen molar-refractivity contribution in [2.45, 2.75) is 19.3 Å². The number of aliphatic carboxylic acids is 1. The fourth-order valence-electron chi connectivity index (χ4n) is 1.76. The summed E-state index contributed by atoms with van der Waals surface area (Å²) in [5.74, 6) is -1.84. The number of carboxylic acids is 1. The van der Waals surface area contributed by atoms with Gasteiger partial charge in [-0.3, -0.25) is 9.18 Å². The van der Waals surface area contributed by atoms with E-state index in [4.69, 9.17) is 5.11 Å². The molecule has 1 saturated heterocycles. The van der Waals surface area contributed by atoms with Gasteiger partial charge in [0.1, 0.15) is 0 Å². The van der Waals surface area contributed by atoms with E-state index in [9.17, 15) is 17.6 Å². The molecular weight excluding hydrogens is 237 g/mol. The molecule has 0 aromatic heterocycles. The molecule has 0 amide bonds. The van der Waals surface area contributed by atoms with E-state index in [1.54, 1.807) is 0 Å². The van der Waals surface area contributed by atoms with Gasteiger partial charge in [-0.05, 0) is 19.3 Å². The Hall–Kier alpha value is -0.690. The van der Waals surface area contributed by atoms with Crippen molar-refractivity contribution in [3.63, 3.8) is 0 Å². The first-order valence-corrected chi connectivity index (χ1v) is 6.85. The van der Waals surface area contributed by atoms with Crippen molar-refractivity contribution < 1.29 is 22.7 Å². The number of piperidine rings is 1. The number of sulfonamides is 1. The van der Waals surface area contributed by atoms with Crippen LogP contribution in [0.15, 0.2) is 0 Å². The number of rotatable bonds is 5. The zero-order valence-electron chi connectivity index (χ0n) is 8.93. The predicted molar refractivity (Wildman–Crippen MR) is 56.3 cm³/mol. The third-order valence-electron chi connectivity index (χ3n) is 2.66. The van der Waals surface area contributed by atoms with Crippen molar-refractivity contribution in [3.05, 3.63) is 0 Å². The summed E-state index contributed by atoms with van der Waals surface area (Å²) in [5.41, 5.74) is 0. The van der Waals surface area contributed by atoms with Crippen LogP contribution in [0, 0.1) is 5.92 Å². The molecule has 0 aromatic rings. The summed E-state index contributed by atoms with van der Waals surface area (Å²) in [6.45, 7) is -0.308. The third kappa shape index (κ3) is 3.41. The van der Waals surface area contributed by atoms with Crippen molar-refractivity contribution in [1.29, 1.82) is 0 Å². The van der Waals surface area contributed by atoms with E-state index in [2.05, 4.69) is 0 Å². The number of alkyl halides is 1. The lowest BCUT2D eigenvalue weighted by atomic mass is 10.0. The number of carboxylic acid groups (broad SMARTS) is 1. The molecule has 1 N–H and O–H groups in total. The zero-order chi connectivity index (χ0) is 12.2. The highest BCUT2D eigenvalue weighted by Gasteiger charge is 2.31. The van der Waals surface area contributed by atoms with Crippen molar-refractivity contribution in [1.82, 2.24) is 4.31 Å². The van der Waals surface area contributed by atoms with Crippen LogP contribution in [0.2, 0.25) is 0 Å². The molecule has 0 aromatic carbocycles. The molecule has 5 nitrogen and oxygen atoms in total. The van der Waals surface area contributed by atoms with Gasteiger partial charge in [-0.25, -0.2) is 12.7 Å². The maximum atomic E-state index is 11.9. The van der Waals surface area contributed by atoms with Gasteiger partial charge in [0.2, 0.25) is 10.0 Å². The molecule has 1 atom stereocenters. The molecule has 94 valence electrons. The normalized spacial score (nSPS) is 23.2. The van der Waals surface area contributed by atoms with Gasteiger partial charge in [-0.15, -0.1) is 0 Å². The molecule has 0 radical (unpaired) electrons. The third-order valence-corrected chi connectivity index (χ3v) is 4.59. The topological polar surface area (TPSA) is 74.7 Å². The van der Waals surface area contributed by atoms with E-state index in [0.717, 1.165) is 0 Å². The van der Waals surface area contributed by atoms with E-state index in [1.165, 1.54) is 4.31 Å². The molecule has 0 aliphatic carbocycles. The van der Waals surface area contributed by atoms with Crippen LogP contribution in [0.25, 0.3) is 0 Å². The number of hydrogen-bond donors (Lipinski definition) is 1. The average Bonchev–Trinajstić information content (AvgIpc) is 2.26. The lowest BCUT2D eigenvalue weighted by molar-refractivity contribution is -0.142. The number of hydrogen-bond acceptors (Lipinski definition) is 3. The van der Waals surface area contributed by atoms with Crippen LogP contribution >= 0.6 is 0 Å². The van der Waals surface area contributed by atoms with Crippen LogP contribution < -0.4 is 0 Å². The highest BCUT2D eigenvalue weighted by atomic mass is 32.2. The second-order valence-corrected chi connectivity index (χ2v) is 5.98. The summed E-state index contributed by atoms with van der Waals surface area (Å²) < 4.78 is 36.4. The van der Waals surface area contributed by atoms with Crippen molar-refractivity contribution >= 4 is 16.0 Å². The molecule has 0 spiro atoms. The molecule has 1 aliphatic rings. The number of carbonyl (C=O) groups is 1. The second-order valence-electron chi connectivity index (χ2n) is 3.89. The Morgan fingerprint density at radius 1 is 1.50 bits per heavy atom. The fourth-order valence-corrected chi connectivity index (χ4v) is 3.31. The van der Waals surface area contributed by atoms with Crippen molar-refractivity contribution in [2.24, 2.45) is 5.92 Å². The van der Waals surface area contributed by atoms with Gasteiger partial charge in [0.05, 0.1) is 18.3 Å². The van der Waals surface area contributed by atoms with Crippen LogP contribution in [-0.4, -0.2) is 49.3 Å². The van der Waals surface area contributed by atoms with Crippen LogP contribution in [0.4, 0.5) is 4.39 Å². The van der Waals surface area contributed by atoms with Gasteiger partial charge < -0.3 is 5.11 Å². The van der Waals surface area contributed by atoms with Gasteiger partial charge in [0.25, 0.3) is 0 Å². The minimum absolute atomic E-state index is 0.0178. The first-order chi connectivity index (χ1) is 7.47. The summed E-state index contributed by atoms with van der Waals surface area (Å²) >= 11 is 0. The highest BCUT2D eigenvalue weighted by Crippen LogP contribution is 2.19. The SMILES string of the molecule is O=C(O)C1CCCN(S(=O)(=O)CCCF)C1. The van der Waals surface area contributed by atoms with Crippen molar-refractivity contribution in [2.75, 3.05) is 25.5 Å². The van der Waals surface area contributed by atoms with Crippen LogP contribution in [0.3, 0.4) is 0 Å². The van der Waals surface area contributed by atoms with Gasteiger partial charge in [-0.2, -0.15) is 0 Å². The molecule has 0 bridgehead atoms. The van der Waals surface area contributed by atoms with E-state index in [-0.39, 0.29) is 18.7 Å². The first kappa shape index (κ1) is 13.4. The molecule has 1 fully saturated rings. The smallest absolute Gasteiger partial charge is 0.307 e. The summed E-state index contributed by atoms with van der Waals surface area (Å²) in [6.07, 6.45) is 1.02. The monoisotopic (exact) mass is 253 g/mol. The molecule has 16 heavy (non-hydrogen) atoms. The predicted octanol–water partition coefficient (Wildman–Crippen LogP) is 0.472. The van der Waals surface area contributed by atoms with Crippen LogP contribution in [0.1, 0.15) is 19.3 Å². The lowest BCUT2D eigenvalue weighted by Gasteiger charge is -2.29. The van der Waals surface area contributed by atoms with Gasteiger partial charge in [-0.1, -0.05) is 0 Å². The highest BCUT2D eigenvalue weighted by molar-refractivity contribution is 7.89. The Morgan fingerprint density at radius 3 is 2.75 bits per heavy atom. The summed E-state index contributed by atoms with van der Waals surface area (Å²) in [4.78, 5) is 10.8. The molecular formula is C9H16FNO4S. The molecule has 1 heterocycles. The van der Waals surface area contributed by atoms with Crippen LogP contribution in [0.5, 0.6) is 0 Å². The van der Waals surface area contributed by atoms with Gasteiger partial charge in [0, 0.05) is 13.1 Å². The Morgan fingerprint density at radius 2 is 2.19 bits per heavy atom. The molecule has 1 aliphatic heterocycles. The van der Waals surface area contributed by atoms with E-state index in [1.807, 2.05) is 0 Å². The van der Waals surface area contributed by atoms with E-state index < -0.39 is 28.6 Å². The average molecular weight is 253 g/mol. The quantitative estimate of drug-likeness (QED) is 0.773. The second kappa shape index (κ2) is 5.58. The van der Waals surface area contributed by atoms with Crippen molar-refractivity contribution in [3.8, 4) is 0 Å². The summed E-state index contributed by atoms with van der Waals surface area (Å²) in [5, 5.41) is 8.82. The first-order valence-electron chi connectivity index (χ1n) is 5.24. The van der Waals surface area contributed by atoms with Crippen LogP contribution in [-0.2, 0) is 14.8 Å². The Kier molecular flexibility index (Phi) is 4.67. The van der Waals surface area contributed by atoms with Gasteiger partial charge >= 0.3 is 5.97 Å². The Balaban J connectivity index is 2.62. The largest absolute Gasteiger partial charge is 0.481 e.